The molecule has 0 aliphatic heterocycles. The molecular weight excluding hydrogens is 262 g/mol. The van der Waals surface area contributed by atoms with E-state index in [9.17, 15) is 0 Å². The van der Waals surface area contributed by atoms with Crippen molar-refractivity contribution in [3.05, 3.63) is 46.8 Å². The second-order valence-corrected chi connectivity index (χ2v) is 6.86. The van der Waals surface area contributed by atoms with Gasteiger partial charge in [-0.05, 0) is 43.5 Å². The first-order valence-electron chi connectivity index (χ1n) is 7.52. The molecule has 0 spiro atoms. The molecule has 0 aliphatic rings. The average Bonchev–Trinajstić information content (AvgIpc) is 2.89. The lowest BCUT2D eigenvalue weighted by atomic mass is 10.0. The van der Waals surface area contributed by atoms with E-state index in [4.69, 9.17) is 0 Å². The lowest BCUT2D eigenvalue weighted by Gasteiger charge is -2.20. The number of benzene rings is 1. The van der Waals surface area contributed by atoms with E-state index in [1.807, 2.05) is 11.3 Å². The van der Waals surface area contributed by atoms with E-state index in [2.05, 4.69) is 69.4 Å². The Morgan fingerprint density at radius 1 is 1.05 bits per heavy atom. The Labute approximate surface area is 127 Å². The van der Waals surface area contributed by atoms with Gasteiger partial charge in [0.15, 0.2) is 0 Å². The van der Waals surface area contributed by atoms with Crippen molar-refractivity contribution in [2.45, 2.75) is 40.2 Å². The van der Waals surface area contributed by atoms with Gasteiger partial charge < -0.3 is 5.32 Å². The van der Waals surface area contributed by atoms with Crippen molar-refractivity contribution >= 4 is 11.3 Å². The zero-order valence-corrected chi connectivity index (χ0v) is 13.8. The number of aryl methyl sites for hydroxylation is 1. The van der Waals surface area contributed by atoms with Gasteiger partial charge in [-0.3, -0.25) is 0 Å². The molecule has 2 rings (SSSR count). The number of nitrogens with one attached hydrogen (secondary N) is 1. The van der Waals surface area contributed by atoms with Gasteiger partial charge in [-0.2, -0.15) is 0 Å². The van der Waals surface area contributed by atoms with Gasteiger partial charge in [-0.1, -0.05) is 50.6 Å². The Balaban J connectivity index is 2.20. The van der Waals surface area contributed by atoms with E-state index in [-0.39, 0.29) is 0 Å². The standard InChI is InChI=1S/C18H25NS/c1-5-12-19-18(13(2)3)17-11-10-16(20-17)15-8-6-14(4)7-9-15/h6-11,13,18-19H,5,12H2,1-4H3. The van der Waals surface area contributed by atoms with Crippen molar-refractivity contribution in [2.24, 2.45) is 5.92 Å². The predicted octanol–water partition coefficient (Wildman–Crippen LogP) is 5.42. The Bertz CT molecular complexity index is 525. The first-order valence-corrected chi connectivity index (χ1v) is 8.33. The van der Waals surface area contributed by atoms with Crippen LogP contribution >= 0.6 is 11.3 Å². The molecule has 1 aromatic carbocycles. The normalized spacial score (nSPS) is 12.8. The Morgan fingerprint density at radius 2 is 1.75 bits per heavy atom. The van der Waals surface area contributed by atoms with E-state index in [0.29, 0.717) is 12.0 Å². The molecule has 20 heavy (non-hydrogen) atoms. The number of rotatable bonds is 6. The minimum Gasteiger partial charge on any atom is -0.309 e. The van der Waals surface area contributed by atoms with Crippen LogP contribution in [0, 0.1) is 12.8 Å². The minimum absolute atomic E-state index is 0.471. The highest BCUT2D eigenvalue weighted by Crippen LogP contribution is 2.34. The lowest BCUT2D eigenvalue weighted by Crippen LogP contribution is -2.25. The molecule has 0 saturated heterocycles. The predicted molar refractivity (Wildman–Crippen MR) is 90.4 cm³/mol. The zero-order valence-electron chi connectivity index (χ0n) is 12.9. The molecule has 0 bridgehead atoms. The topological polar surface area (TPSA) is 12.0 Å². The number of hydrogen-bond acceptors (Lipinski definition) is 2. The Hall–Kier alpha value is -1.12. The molecule has 1 atom stereocenters. The van der Waals surface area contributed by atoms with Crippen LogP contribution in [0.15, 0.2) is 36.4 Å². The highest BCUT2D eigenvalue weighted by molar-refractivity contribution is 7.15. The maximum Gasteiger partial charge on any atom is 0.0438 e. The van der Waals surface area contributed by atoms with Crippen LogP contribution in [0.5, 0.6) is 0 Å². The third-order valence-electron chi connectivity index (χ3n) is 3.55. The molecule has 0 amide bonds. The van der Waals surface area contributed by atoms with E-state index in [1.54, 1.807) is 0 Å². The van der Waals surface area contributed by atoms with Crippen LogP contribution in [0.2, 0.25) is 0 Å². The molecule has 0 fully saturated rings. The van der Waals surface area contributed by atoms with E-state index in [0.717, 1.165) is 6.54 Å². The summed E-state index contributed by atoms with van der Waals surface area (Å²) in [5.74, 6) is 0.617. The fraction of sp³-hybridized carbons (Fsp3) is 0.444. The van der Waals surface area contributed by atoms with Crippen molar-refractivity contribution in [3.8, 4) is 10.4 Å². The molecule has 108 valence electrons. The quantitative estimate of drug-likeness (QED) is 0.748. The van der Waals surface area contributed by atoms with Crippen molar-refractivity contribution in [3.63, 3.8) is 0 Å². The third kappa shape index (κ3) is 3.71. The van der Waals surface area contributed by atoms with Crippen LogP contribution in [0.25, 0.3) is 10.4 Å². The second kappa shape index (κ2) is 7.05. The first-order chi connectivity index (χ1) is 9.61. The van der Waals surface area contributed by atoms with E-state index in [1.165, 1.54) is 27.3 Å². The average molecular weight is 287 g/mol. The first kappa shape index (κ1) is 15.3. The van der Waals surface area contributed by atoms with Gasteiger partial charge in [0.2, 0.25) is 0 Å². The summed E-state index contributed by atoms with van der Waals surface area (Å²) in [5.41, 5.74) is 2.64. The highest BCUT2D eigenvalue weighted by atomic mass is 32.1. The van der Waals surface area contributed by atoms with Gasteiger partial charge >= 0.3 is 0 Å². The Kier molecular flexibility index (Phi) is 5.38. The van der Waals surface area contributed by atoms with Crippen LogP contribution in [-0.2, 0) is 0 Å². The number of hydrogen-bond donors (Lipinski definition) is 1. The molecule has 2 heteroatoms. The van der Waals surface area contributed by atoms with E-state index >= 15 is 0 Å². The van der Waals surface area contributed by atoms with Gasteiger partial charge in [-0.15, -0.1) is 11.3 Å². The Morgan fingerprint density at radius 3 is 2.35 bits per heavy atom. The fourth-order valence-corrected chi connectivity index (χ4v) is 3.62. The summed E-state index contributed by atoms with van der Waals surface area (Å²) in [5, 5.41) is 3.67. The van der Waals surface area contributed by atoms with Crippen LogP contribution < -0.4 is 5.32 Å². The molecule has 1 nitrogen and oxygen atoms in total. The molecule has 0 radical (unpaired) electrons. The minimum atomic E-state index is 0.471. The van der Waals surface area contributed by atoms with Crippen LogP contribution in [0.1, 0.15) is 43.7 Å². The molecule has 0 saturated carbocycles. The maximum absolute atomic E-state index is 3.67. The molecule has 1 heterocycles. The second-order valence-electron chi connectivity index (χ2n) is 5.74. The molecule has 1 N–H and O–H groups in total. The molecule has 0 aliphatic carbocycles. The summed E-state index contributed by atoms with van der Waals surface area (Å²) in [4.78, 5) is 2.81. The SMILES string of the molecule is CCCNC(c1ccc(-c2ccc(C)cc2)s1)C(C)C. The summed E-state index contributed by atoms with van der Waals surface area (Å²) in [6.45, 7) is 10.0. The molecule has 1 unspecified atom stereocenters. The van der Waals surface area contributed by atoms with Gasteiger partial charge in [-0.25, -0.2) is 0 Å². The third-order valence-corrected chi connectivity index (χ3v) is 4.77. The van der Waals surface area contributed by atoms with Gasteiger partial charge in [0, 0.05) is 15.8 Å². The maximum atomic E-state index is 3.67. The number of thiophene rings is 1. The van der Waals surface area contributed by atoms with Gasteiger partial charge in [0.25, 0.3) is 0 Å². The summed E-state index contributed by atoms with van der Waals surface area (Å²) in [7, 11) is 0. The van der Waals surface area contributed by atoms with Crippen molar-refractivity contribution in [1.82, 2.24) is 5.32 Å². The summed E-state index contributed by atoms with van der Waals surface area (Å²) < 4.78 is 0. The van der Waals surface area contributed by atoms with Crippen LogP contribution in [0.3, 0.4) is 0 Å². The monoisotopic (exact) mass is 287 g/mol. The smallest absolute Gasteiger partial charge is 0.0438 e. The molecular formula is C18H25NS. The summed E-state index contributed by atoms with van der Waals surface area (Å²) in [6, 6.07) is 13.8. The fourth-order valence-electron chi connectivity index (χ4n) is 2.36. The summed E-state index contributed by atoms with van der Waals surface area (Å²) in [6.07, 6.45) is 1.18. The van der Waals surface area contributed by atoms with Gasteiger partial charge in [0.1, 0.15) is 0 Å². The van der Waals surface area contributed by atoms with Crippen LogP contribution in [-0.4, -0.2) is 6.54 Å². The van der Waals surface area contributed by atoms with Crippen molar-refractivity contribution in [2.75, 3.05) is 6.54 Å². The largest absolute Gasteiger partial charge is 0.309 e. The van der Waals surface area contributed by atoms with Crippen molar-refractivity contribution in [1.29, 1.82) is 0 Å². The van der Waals surface area contributed by atoms with Gasteiger partial charge in [0.05, 0.1) is 0 Å². The highest BCUT2D eigenvalue weighted by Gasteiger charge is 2.17. The lowest BCUT2D eigenvalue weighted by molar-refractivity contribution is 0.418. The van der Waals surface area contributed by atoms with E-state index < -0.39 is 0 Å². The molecule has 1 aromatic heterocycles. The molecule has 2 aromatic rings. The zero-order chi connectivity index (χ0) is 14.5. The van der Waals surface area contributed by atoms with Crippen molar-refractivity contribution < 1.29 is 0 Å². The van der Waals surface area contributed by atoms with Crippen LogP contribution in [0.4, 0.5) is 0 Å². The summed E-state index contributed by atoms with van der Waals surface area (Å²) >= 11 is 1.92.